The molecule has 0 radical (unpaired) electrons. The van der Waals surface area contributed by atoms with Crippen molar-refractivity contribution in [1.29, 1.82) is 0 Å². The Morgan fingerprint density at radius 2 is 2.18 bits per heavy atom. The maximum absolute atomic E-state index is 12.4. The Kier molecular flexibility index (Phi) is 5.01. The lowest BCUT2D eigenvalue weighted by atomic mass is 10.2. The monoisotopic (exact) mass is 401 g/mol. The molecule has 1 N–H and O–H groups in total. The van der Waals surface area contributed by atoms with Crippen LogP contribution in [-0.2, 0) is 16.1 Å². The zero-order valence-corrected chi connectivity index (χ0v) is 16.3. The summed E-state index contributed by atoms with van der Waals surface area (Å²) in [6, 6.07) is 4.85. The number of aromatic nitrogens is 6. The van der Waals surface area contributed by atoms with E-state index < -0.39 is 5.91 Å². The second-order valence-electron chi connectivity index (χ2n) is 6.52. The molecule has 1 amide bonds. The number of anilines is 1. The standard InChI is InChI=1S/C17H19N7O3S/c1-10-8-11(2)24(21-10)13-5-6-15(26)23(22-13)9-14(25)18-17-20-19-16(28-17)12-4-3-7-27-12/h5-6,8,12H,3-4,7,9H2,1-2H3,(H,18,20,25)/t12-/m0/s1. The smallest absolute Gasteiger partial charge is 0.267 e. The van der Waals surface area contributed by atoms with Crippen LogP contribution in [0.5, 0.6) is 0 Å². The van der Waals surface area contributed by atoms with Gasteiger partial charge in [0, 0.05) is 18.4 Å². The summed E-state index contributed by atoms with van der Waals surface area (Å²) in [6.07, 6.45) is 1.84. The van der Waals surface area contributed by atoms with Gasteiger partial charge < -0.3 is 4.74 Å². The molecule has 0 spiro atoms. The summed E-state index contributed by atoms with van der Waals surface area (Å²) in [4.78, 5) is 24.5. The van der Waals surface area contributed by atoms with Crippen LogP contribution in [0.25, 0.3) is 5.82 Å². The van der Waals surface area contributed by atoms with Crippen LogP contribution in [0.15, 0.2) is 23.0 Å². The number of hydrogen-bond acceptors (Lipinski definition) is 8. The van der Waals surface area contributed by atoms with Gasteiger partial charge in [0.25, 0.3) is 5.56 Å². The fourth-order valence-corrected chi connectivity index (χ4v) is 3.85. The first-order valence-electron chi connectivity index (χ1n) is 8.86. The summed E-state index contributed by atoms with van der Waals surface area (Å²) in [5.41, 5.74) is 1.35. The Morgan fingerprint density at radius 3 is 2.89 bits per heavy atom. The van der Waals surface area contributed by atoms with Crippen molar-refractivity contribution in [2.24, 2.45) is 0 Å². The highest BCUT2D eigenvalue weighted by molar-refractivity contribution is 7.15. The molecular formula is C17H19N7O3S. The van der Waals surface area contributed by atoms with Gasteiger partial charge >= 0.3 is 0 Å². The number of carbonyl (C=O) groups is 1. The average molecular weight is 401 g/mol. The third-order valence-corrected chi connectivity index (χ3v) is 5.20. The predicted molar refractivity (Wildman–Crippen MR) is 102 cm³/mol. The van der Waals surface area contributed by atoms with Crippen molar-refractivity contribution in [3.05, 3.63) is 44.9 Å². The molecule has 1 aliphatic rings. The Bertz CT molecular complexity index is 1060. The zero-order chi connectivity index (χ0) is 19.7. The first-order chi connectivity index (χ1) is 13.5. The Morgan fingerprint density at radius 1 is 1.32 bits per heavy atom. The van der Waals surface area contributed by atoms with Gasteiger partial charge in [0.1, 0.15) is 17.7 Å². The second-order valence-corrected chi connectivity index (χ2v) is 7.53. The molecule has 0 bridgehead atoms. The highest BCUT2D eigenvalue weighted by atomic mass is 32.1. The lowest BCUT2D eigenvalue weighted by Crippen LogP contribution is -2.30. The molecule has 11 heteroatoms. The van der Waals surface area contributed by atoms with E-state index in [9.17, 15) is 9.59 Å². The van der Waals surface area contributed by atoms with Gasteiger partial charge in [-0.3, -0.25) is 14.9 Å². The molecule has 0 aliphatic carbocycles. The van der Waals surface area contributed by atoms with E-state index in [0.717, 1.165) is 33.9 Å². The van der Waals surface area contributed by atoms with Gasteiger partial charge in [-0.25, -0.2) is 9.36 Å². The third kappa shape index (κ3) is 3.85. The van der Waals surface area contributed by atoms with Crippen molar-refractivity contribution in [2.75, 3.05) is 11.9 Å². The maximum atomic E-state index is 12.4. The van der Waals surface area contributed by atoms with Crippen molar-refractivity contribution in [1.82, 2.24) is 29.8 Å². The Labute approximate surface area is 164 Å². The molecule has 1 atom stereocenters. The van der Waals surface area contributed by atoms with E-state index >= 15 is 0 Å². The molecule has 1 saturated heterocycles. The lowest BCUT2D eigenvalue weighted by Gasteiger charge is -2.08. The van der Waals surface area contributed by atoms with E-state index in [-0.39, 0.29) is 18.2 Å². The summed E-state index contributed by atoms with van der Waals surface area (Å²) in [6.45, 7) is 4.25. The van der Waals surface area contributed by atoms with Gasteiger partial charge in [0.05, 0.1) is 5.69 Å². The first kappa shape index (κ1) is 18.4. The summed E-state index contributed by atoms with van der Waals surface area (Å²) in [5, 5.41) is 20.4. The van der Waals surface area contributed by atoms with Crippen LogP contribution in [-0.4, -0.2) is 42.3 Å². The van der Waals surface area contributed by atoms with Crippen LogP contribution in [0.3, 0.4) is 0 Å². The highest BCUT2D eigenvalue weighted by Crippen LogP contribution is 2.31. The summed E-state index contributed by atoms with van der Waals surface area (Å²) in [5.74, 6) is 0.0599. The van der Waals surface area contributed by atoms with Crippen LogP contribution < -0.4 is 10.9 Å². The SMILES string of the molecule is Cc1cc(C)n(-c2ccc(=O)n(CC(=O)Nc3nnc([C@@H]4CCCO4)s3)n2)n1. The topological polar surface area (TPSA) is 117 Å². The number of aryl methyl sites for hydroxylation is 2. The minimum atomic E-state index is -0.407. The minimum absolute atomic E-state index is 0.0510. The first-order valence-corrected chi connectivity index (χ1v) is 9.68. The molecule has 4 heterocycles. The number of nitrogens with one attached hydrogen (secondary N) is 1. The van der Waals surface area contributed by atoms with Crippen molar-refractivity contribution in [3.63, 3.8) is 0 Å². The predicted octanol–water partition coefficient (Wildman–Crippen LogP) is 1.39. The molecule has 1 aliphatic heterocycles. The van der Waals surface area contributed by atoms with E-state index in [4.69, 9.17) is 4.74 Å². The van der Waals surface area contributed by atoms with Crippen molar-refractivity contribution in [2.45, 2.75) is 39.3 Å². The van der Waals surface area contributed by atoms with Gasteiger partial charge in [-0.15, -0.1) is 15.3 Å². The van der Waals surface area contributed by atoms with Crippen LogP contribution in [0.4, 0.5) is 5.13 Å². The van der Waals surface area contributed by atoms with E-state index in [2.05, 4.69) is 25.7 Å². The zero-order valence-electron chi connectivity index (χ0n) is 15.5. The number of nitrogens with zero attached hydrogens (tertiary/aromatic N) is 6. The van der Waals surface area contributed by atoms with E-state index in [1.807, 2.05) is 19.9 Å². The van der Waals surface area contributed by atoms with Crippen LogP contribution in [0.2, 0.25) is 0 Å². The molecular weight excluding hydrogens is 382 g/mol. The minimum Gasteiger partial charge on any atom is -0.371 e. The van der Waals surface area contributed by atoms with Gasteiger partial charge in [-0.2, -0.15) is 5.10 Å². The van der Waals surface area contributed by atoms with Gasteiger partial charge in [0.15, 0.2) is 5.82 Å². The van der Waals surface area contributed by atoms with E-state index in [0.29, 0.717) is 17.6 Å². The summed E-state index contributed by atoms with van der Waals surface area (Å²) < 4.78 is 8.29. The van der Waals surface area contributed by atoms with Gasteiger partial charge in [-0.05, 0) is 38.8 Å². The molecule has 0 saturated carbocycles. The van der Waals surface area contributed by atoms with Crippen LogP contribution in [0.1, 0.15) is 35.3 Å². The molecule has 0 aromatic carbocycles. The van der Waals surface area contributed by atoms with Crippen molar-refractivity contribution in [3.8, 4) is 5.82 Å². The normalized spacial score (nSPS) is 16.4. The van der Waals surface area contributed by atoms with E-state index in [1.54, 1.807) is 10.7 Å². The fourth-order valence-electron chi connectivity index (χ4n) is 3.01. The number of ether oxygens (including phenoxy) is 1. The number of hydrogen-bond donors (Lipinski definition) is 1. The highest BCUT2D eigenvalue weighted by Gasteiger charge is 2.22. The lowest BCUT2D eigenvalue weighted by molar-refractivity contribution is -0.117. The summed E-state index contributed by atoms with van der Waals surface area (Å²) in [7, 11) is 0. The quantitative estimate of drug-likeness (QED) is 0.686. The molecule has 28 heavy (non-hydrogen) atoms. The Hall–Kier alpha value is -2.92. The van der Waals surface area contributed by atoms with E-state index in [1.165, 1.54) is 17.4 Å². The molecule has 3 aromatic heterocycles. The third-order valence-electron chi connectivity index (χ3n) is 4.26. The van der Waals surface area contributed by atoms with Crippen molar-refractivity contribution < 1.29 is 9.53 Å². The molecule has 4 rings (SSSR count). The molecule has 3 aromatic rings. The second kappa shape index (κ2) is 7.60. The maximum Gasteiger partial charge on any atom is 0.267 e. The molecule has 10 nitrogen and oxygen atoms in total. The number of carbonyl (C=O) groups excluding carboxylic acids is 1. The van der Waals surface area contributed by atoms with Crippen LogP contribution in [0, 0.1) is 13.8 Å². The average Bonchev–Trinajstić information content (AvgIpc) is 3.38. The van der Waals surface area contributed by atoms with Gasteiger partial charge in [-0.1, -0.05) is 11.3 Å². The molecule has 146 valence electrons. The fraction of sp³-hybridized carbons (Fsp3) is 0.412. The molecule has 1 fully saturated rings. The number of rotatable bonds is 5. The Balaban J connectivity index is 1.47. The number of amides is 1. The molecule has 0 unspecified atom stereocenters. The van der Waals surface area contributed by atoms with Gasteiger partial charge in [0.2, 0.25) is 11.0 Å². The largest absolute Gasteiger partial charge is 0.371 e. The summed E-state index contributed by atoms with van der Waals surface area (Å²) >= 11 is 1.28. The van der Waals surface area contributed by atoms with Crippen molar-refractivity contribution >= 4 is 22.4 Å². The van der Waals surface area contributed by atoms with Crippen LogP contribution >= 0.6 is 11.3 Å².